The summed E-state index contributed by atoms with van der Waals surface area (Å²) in [6, 6.07) is 12.5. The van der Waals surface area contributed by atoms with Crippen molar-refractivity contribution in [3.8, 4) is 0 Å². The highest BCUT2D eigenvalue weighted by molar-refractivity contribution is 6.31. The van der Waals surface area contributed by atoms with E-state index in [0.717, 1.165) is 17.7 Å². The number of nitrogens with one attached hydrogen (secondary N) is 2. The summed E-state index contributed by atoms with van der Waals surface area (Å²) < 4.78 is 38.8. The van der Waals surface area contributed by atoms with Gasteiger partial charge in [-0.3, -0.25) is 9.69 Å². The fraction of sp³-hybridized carbons (Fsp3) is 0.409. The van der Waals surface area contributed by atoms with E-state index in [4.69, 9.17) is 11.6 Å². The molecule has 1 aliphatic heterocycles. The van der Waals surface area contributed by atoms with Gasteiger partial charge in [0.2, 0.25) is 5.91 Å². The number of nitrogens with zero attached hydrogens (tertiary/aromatic N) is 1. The Morgan fingerprint density at radius 3 is 2.67 bits per heavy atom. The average molecular weight is 440 g/mol. The minimum Gasteiger partial charge on any atom is -0.355 e. The molecule has 2 atom stereocenters. The summed E-state index contributed by atoms with van der Waals surface area (Å²) in [5.41, 5.74) is 0.838. The van der Waals surface area contributed by atoms with E-state index in [-0.39, 0.29) is 18.0 Å². The summed E-state index contributed by atoms with van der Waals surface area (Å²) in [7, 11) is 0. The van der Waals surface area contributed by atoms with Crippen LogP contribution in [0.25, 0.3) is 0 Å². The van der Waals surface area contributed by atoms with Gasteiger partial charge in [-0.25, -0.2) is 0 Å². The Bertz CT molecular complexity index is 875. The van der Waals surface area contributed by atoms with Crippen LogP contribution in [-0.4, -0.2) is 36.0 Å². The molecule has 30 heavy (non-hydrogen) atoms. The molecule has 0 radical (unpaired) electrons. The lowest BCUT2D eigenvalue weighted by molar-refractivity contribution is -0.137. The number of likely N-dealkylation sites (tertiary alicyclic amines) is 1. The summed E-state index contributed by atoms with van der Waals surface area (Å²) in [5, 5.41) is 6.83. The van der Waals surface area contributed by atoms with Gasteiger partial charge in [0.05, 0.1) is 11.6 Å². The SMILES string of the molecule is CCNC(=O)[C@@H]1C[C@H](NCc2cccc(C(F)(F)F)c2)CN1Cc1ccccc1Cl. The number of hydrogen-bond donors (Lipinski definition) is 2. The van der Waals surface area contributed by atoms with Crippen LogP contribution in [0.4, 0.5) is 13.2 Å². The van der Waals surface area contributed by atoms with Gasteiger partial charge in [0.15, 0.2) is 0 Å². The van der Waals surface area contributed by atoms with Crippen LogP contribution in [0.2, 0.25) is 5.02 Å². The molecule has 3 rings (SSSR count). The van der Waals surface area contributed by atoms with Crippen LogP contribution in [-0.2, 0) is 24.1 Å². The van der Waals surface area contributed by atoms with Crippen LogP contribution in [0, 0.1) is 0 Å². The molecule has 1 heterocycles. The summed E-state index contributed by atoms with van der Waals surface area (Å²) in [4.78, 5) is 14.6. The van der Waals surface area contributed by atoms with E-state index in [0.29, 0.717) is 43.2 Å². The first-order chi connectivity index (χ1) is 14.3. The molecular formula is C22H25ClF3N3O. The van der Waals surface area contributed by atoms with E-state index < -0.39 is 11.7 Å². The normalized spacial score (nSPS) is 19.8. The fourth-order valence-electron chi connectivity index (χ4n) is 3.76. The van der Waals surface area contributed by atoms with E-state index in [1.54, 1.807) is 6.07 Å². The lowest BCUT2D eigenvalue weighted by atomic mass is 10.1. The van der Waals surface area contributed by atoms with Crippen molar-refractivity contribution >= 4 is 17.5 Å². The molecule has 0 spiro atoms. The molecule has 0 bridgehead atoms. The zero-order valence-corrected chi connectivity index (χ0v) is 17.4. The Balaban J connectivity index is 1.68. The van der Waals surface area contributed by atoms with Crippen LogP contribution in [0.1, 0.15) is 30.0 Å². The average Bonchev–Trinajstić information content (AvgIpc) is 3.11. The number of alkyl halides is 3. The van der Waals surface area contributed by atoms with Crippen LogP contribution in [0.15, 0.2) is 48.5 Å². The Kier molecular flexibility index (Phi) is 7.39. The third kappa shape index (κ3) is 5.74. The van der Waals surface area contributed by atoms with Crippen molar-refractivity contribution in [3.63, 3.8) is 0 Å². The molecule has 2 aromatic carbocycles. The molecule has 2 N–H and O–H groups in total. The number of likely N-dealkylation sites (N-methyl/N-ethyl adjacent to an activating group) is 1. The van der Waals surface area contributed by atoms with Crippen molar-refractivity contribution in [2.75, 3.05) is 13.1 Å². The van der Waals surface area contributed by atoms with Crippen LogP contribution >= 0.6 is 11.6 Å². The van der Waals surface area contributed by atoms with E-state index >= 15 is 0 Å². The molecule has 162 valence electrons. The number of carbonyl (C=O) groups excluding carboxylic acids is 1. The van der Waals surface area contributed by atoms with E-state index in [1.807, 2.05) is 31.2 Å². The first-order valence-electron chi connectivity index (χ1n) is 9.92. The standard InChI is InChI=1S/C22H25ClF3N3O/c1-2-27-21(30)20-11-18(14-29(20)13-16-7-3-4-9-19(16)23)28-12-15-6-5-8-17(10-15)22(24,25)26/h3-10,18,20,28H,2,11-14H2,1H3,(H,27,30)/t18-,20-/m0/s1. The van der Waals surface area contributed by atoms with Gasteiger partial charge < -0.3 is 10.6 Å². The number of rotatable bonds is 7. The van der Waals surface area contributed by atoms with Crippen molar-refractivity contribution in [1.29, 1.82) is 0 Å². The Hall–Kier alpha value is -2.09. The minimum atomic E-state index is -4.36. The topological polar surface area (TPSA) is 44.4 Å². The highest BCUT2D eigenvalue weighted by Gasteiger charge is 2.36. The third-order valence-electron chi connectivity index (χ3n) is 5.24. The van der Waals surface area contributed by atoms with Gasteiger partial charge in [-0.05, 0) is 36.6 Å². The van der Waals surface area contributed by atoms with Gasteiger partial charge >= 0.3 is 6.18 Å². The van der Waals surface area contributed by atoms with E-state index in [1.165, 1.54) is 6.07 Å². The van der Waals surface area contributed by atoms with Crippen molar-refractivity contribution in [3.05, 3.63) is 70.2 Å². The Labute approximate surface area is 179 Å². The van der Waals surface area contributed by atoms with Crippen LogP contribution in [0.5, 0.6) is 0 Å². The van der Waals surface area contributed by atoms with Gasteiger partial charge in [0.1, 0.15) is 0 Å². The molecule has 8 heteroatoms. The monoisotopic (exact) mass is 439 g/mol. The molecule has 1 aliphatic rings. The second-order valence-corrected chi connectivity index (χ2v) is 7.85. The molecule has 1 saturated heterocycles. The Morgan fingerprint density at radius 2 is 1.97 bits per heavy atom. The molecule has 0 aliphatic carbocycles. The van der Waals surface area contributed by atoms with Crippen LogP contribution in [0.3, 0.4) is 0 Å². The molecule has 1 fully saturated rings. The van der Waals surface area contributed by atoms with Gasteiger partial charge in [0, 0.05) is 37.2 Å². The van der Waals surface area contributed by atoms with Crippen molar-refractivity contribution in [2.24, 2.45) is 0 Å². The van der Waals surface area contributed by atoms with Gasteiger partial charge in [-0.2, -0.15) is 13.2 Å². The molecule has 0 unspecified atom stereocenters. The maximum absolute atomic E-state index is 12.9. The summed E-state index contributed by atoms with van der Waals surface area (Å²) in [6.07, 6.45) is -3.78. The van der Waals surface area contributed by atoms with Crippen molar-refractivity contribution < 1.29 is 18.0 Å². The molecule has 0 saturated carbocycles. The van der Waals surface area contributed by atoms with E-state index in [2.05, 4.69) is 15.5 Å². The fourth-order valence-corrected chi connectivity index (χ4v) is 3.95. The highest BCUT2D eigenvalue weighted by atomic mass is 35.5. The lowest BCUT2D eigenvalue weighted by Crippen LogP contribution is -2.42. The number of amides is 1. The number of carbonyl (C=O) groups is 1. The summed E-state index contributed by atoms with van der Waals surface area (Å²) in [6.45, 7) is 3.85. The first-order valence-corrected chi connectivity index (χ1v) is 10.3. The quantitative estimate of drug-likeness (QED) is 0.678. The second kappa shape index (κ2) is 9.81. The summed E-state index contributed by atoms with van der Waals surface area (Å²) >= 11 is 6.29. The molecule has 4 nitrogen and oxygen atoms in total. The minimum absolute atomic E-state index is 0.0189. The molecule has 1 amide bonds. The van der Waals surface area contributed by atoms with Gasteiger partial charge in [0.25, 0.3) is 0 Å². The van der Waals surface area contributed by atoms with E-state index in [9.17, 15) is 18.0 Å². The smallest absolute Gasteiger partial charge is 0.355 e. The van der Waals surface area contributed by atoms with Gasteiger partial charge in [-0.15, -0.1) is 0 Å². The number of halogens is 4. The lowest BCUT2D eigenvalue weighted by Gasteiger charge is -2.23. The first kappa shape index (κ1) is 22.6. The molecule has 2 aromatic rings. The molecular weight excluding hydrogens is 415 g/mol. The third-order valence-corrected chi connectivity index (χ3v) is 5.61. The zero-order valence-electron chi connectivity index (χ0n) is 16.7. The molecule has 0 aromatic heterocycles. The number of hydrogen-bond acceptors (Lipinski definition) is 3. The van der Waals surface area contributed by atoms with Gasteiger partial charge in [-0.1, -0.05) is 48.0 Å². The zero-order chi connectivity index (χ0) is 21.7. The highest BCUT2D eigenvalue weighted by Crippen LogP contribution is 2.30. The van der Waals surface area contributed by atoms with Crippen LogP contribution < -0.4 is 10.6 Å². The van der Waals surface area contributed by atoms with Crippen molar-refractivity contribution in [2.45, 2.75) is 44.7 Å². The maximum atomic E-state index is 12.9. The second-order valence-electron chi connectivity index (χ2n) is 7.44. The Morgan fingerprint density at radius 1 is 1.20 bits per heavy atom. The predicted octanol–water partition coefficient (Wildman–Crippen LogP) is 4.23. The summed E-state index contributed by atoms with van der Waals surface area (Å²) in [5.74, 6) is -0.0482. The predicted molar refractivity (Wildman–Crippen MR) is 111 cm³/mol. The maximum Gasteiger partial charge on any atom is 0.416 e. The van der Waals surface area contributed by atoms with Crippen molar-refractivity contribution in [1.82, 2.24) is 15.5 Å². The number of benzene rings is 2. The largest absolute Gasteiger partial charge is 0.416 e.